The van der Waals surface area contributed by atoms with Gasteiger partial charge in [0.2, 0.25) is 11.8 Å². The molecule has 1 aliphatic heterocycles. The summed E-state index contributed by atoms with van der Waals surface area (Å²) >= 11 is 0. The van der Waals surface area contributed by atoms with Gasteiger partial charge in [-0.15, -0.1) is 0 Å². The van der Waals surface area contributed by atoms with Crippen molar-refractivity contribution >= 4 is 43.3 Å². The summed E-state index contributed by atoms with van der Waals surface area (Å²) in [4.78, 5) is 69.4. The number of hydrogen-bond acceptors (Lipinski definition) is 8. The number of alkyl carbamates (subject to hydrolysis) is 1. The molecule has 4 amide bonds. The molecular weight excluding hydrogens is 745 g/mol. The summed E-state index contributed by atoms with van der Waals surface area (Å²) < 4.78 is 16.1. The Bertz CT molecular complexity index is 1840. The Morgan fingerprint density at radius 1 is 0.877 bits per heavy atom. The fourth-order valence-corrected chi connectivity index (χ4v) is 7.80. The Hall–Kier alpha value is -5.04. The van der Waals surface area contributed by atoms with E-state index in [9.17, 15) is 24.0 Å². The highest BCUT2D eigenvalue weighted by Gasteiger charge is 2.49. The second-order valence-electron chi connectivity index (χ2n) is 15.4. The number of hydrogen-bond donors (Lipinski definition) is 3. The van der Waals surface area contributed by atoms with Gasteiger partial charge in [0.25, 0.3) is 5.91 Å². The van der Waals surface area contributed by atoms with Crippen molar-refractivity contribution in [2.24, 2.45) is 0 Å². The molecule has 5 rings (SSSR count). The van der Waals surface area contributed by atoms with Crippen LogP contribution in [0.1, 0.15) is 106 Å². The molecule has 0 radical (unpaired) electrons. The molecule has 57 heavy (non-hydrogen) atoms. The number of benzene rings is 3. The number of amides is 4. The molecule has 3 atom stereocenters. The van der Waals surface area contributed by atoms with Gasteiger partial charge in [0.05, 0.1) is 30.6 Å². The molecule has 1 aliphatic carbocycles. The Kier molecular flexibility index (Phi) is 16.0. The van der Waals surface area contributed by atoms with E-state index in [1.54, 1.807) is 45.9 Å². The molecule has 1 heterocycles. The summed E-state index contributed by atoms with van der Waals surface area (Å²) in [5, 5.41) is 8.92. The molecule has 0 saturated carbocycles. The molecule has 1 saturated heterocycles. The van der Waals surface area contributed by atoms with Crippen molar-refractivity contribution in [2.75, 3.05) is 33.4 Å². The van der Waals surface area contributed by atoms with E-state index in [0.29, 0.717) is 75.9 Å². The quantitative estimate of drug-likeness (QED) is 0.130. The van der Waals surface area contributed by atoms with Crippen LogP contribution in [0.15, 0.2) is 78.9 Å². The molecular formula is C44H58N4O8S. The van der Waals surface area contributed by atoms with Crippen LogP contribution < -0.4 is 20.7 Å². The fourth-order valence-electron chi connectivity index (χ4n) is 7.80. The number of nitrogens with one attached hydrogen (secondary N) is 3. The zero-order valence-electron chi connectivity index (χ0n) is 33.7. The van der Waals surface area contributed by atoms with Crippen LogP contribution in [0.2, 0.25) is 0 Å². The first-order valence-corrected chi connectivity index (χ1v) is 19.7. The summed E-state index contributed by atoms with van der Waals surface area (Å²) in [5.41, 5.74) is 0.977. The highest BCUT2D eigenvalue weighted by atomic mass is 32.1. The molecule has 0 aromatic heterocycles. The lowest BCUT2D eigenvalue weighted by molar-refractivity contribution is -0.148. The molecule has 3 aromatic rings. The highest BCUT2D eigenvalue weighted by molar-refractivity contribution is 7.59. The summed E-state index contributed by atoms with van der Waals surface area (Å²) in [6.07, 6.45) is 2.89. The van der Waals surface area contributed by atoms with Crippen molar-refractivity contribution in [3.63, 3.8) is 0 Å². The molecule has 308 valence electrons. The van der Waals surface area contributed by atoms with Crippen molar-refractivity contribution in [2.45, 2.75) is 102 Å². The zero-order chi connectivity index (χ0) is 40.3. The lowest BCUT2D eigenvalue weighted by atomic mass is 9.62. The number of rotatable bonds is 14. The first-order valence-electron chi connectivity index (χ1n) is 19.7. The predicted molar refractivity (Wildman–Crippen MR) is 223 cm³/mol. The van der Waals surface area contributed by atoms with Crippen molar-refractivity contribution in [1.29, 1.82) is 0 Å². The fraction of sp³-hybridized carbons (Fsp3) is 0.477. The molecule has 0 bridgehead atoms. The number of para-hydroxylation sites is 1. The van der Waals surface area contributed by atoms with Crippen LogP contribution in [0.3, 0.4) is 0 Å². The van der Waals surface area contributed by atoms with Gasteiger partial charge in [-0.3, -0.25) is 14.4 Å². The number of methoxy groups -OCH3 is 1. The number of esters is 1. The van der Waals surface area contributed by atoms with E-state index in [1.165, 1.54) is 7.11 Å². The number of carbonyl (C=O) groups excluding carboxylic acids is 5. The van der Waals surface area contributed by atoms with Gasteiger partial charge in [-0.2, -0.15) is 13.5 Å². The Labute approximate surface area is 343 Å². The first-order chi connectivity index (χ1) is 26.9. The number of carbonyl (C=O) groups is 5. The third-order valence-corrected chi connectivity index (χ3v) is 10.5. The highest BCUT2D eigenvalue weighted by Crippen LogP contribution is 2.48. The number of nitrogens with zero attached hydrogens (tertiary/aromatic N) is 1. The average Bonchev–Trinajstić information content (AvgIpc) is 3.19. The van der Waals surface area contributed by atoms with Crippen molar-refractivity contribution in [3.8, 4) is 5.75 Å². The van der Waals surface area contributed by atoms with Crippen molar-refractivity contribution < 1.29 is 38.2 Å². The number of piperidine rings is 1. The van der Waals surface area contributed by atoms with Gasteiger partial charge in [-0.25, -0.2) is 9.59 Å². The Morgan fingerprint density at radius 3 is 2.23 bits per heavy atom. The van der Waals surface area contributed by atoms with E-state index in [1.807, 2.05) is 65.6 Å². The smallest absolute Gasteiger partial charge is 0.407 e. The lowest BCUT2D eigenvalue weighted by Crippen LogP contribution is -2.54. The van der Waals surface area contributed by atoms with Crippen LogP contribution in [0.5, 0.6) is 5.75 Å². The normalized spacial score (nSPS) is 18.5. The maximum Gasteiger partial charge on any atom is 0.407 e. The predicted octanol–water partition coefficient (Wildman–Crippen LogP) is 6.14. The number of unbranched alkanes of at least 4 members (excludes halogenated alkanes) is 1. The minimum Gasteiger partial charge on any atom is -0.496 e. The van der Waals surface area contributed by atoms with Crippen molar-refractivity contribution in [1.82, 2.24) is 20.9 Å². The molecule has 12 nitrogen and oxygen atoms in total. The van der Waals surface area contributed by atoms with E-state index >= 15 is 0 Å². The summed E-state index contributed by atoms with van der Waals surface area (Å²) in [6, 6.07) is 23.2. The monoisotopic (exact) mass is 802 g/mol. The van der Waals surface area contributed by atoms with Crippen LogP contribution in [0, 0.1) is 0 Å². The van der Waals surface area contributed by atoms with Crippen LogP contribution in [-0.4, -0.2) is 85.7 Å². The van der Waals surface area contributed by atoms with E-state index in [-0.39, 0.29) is 43.9 Å². The molecule has 3 aromatic carbocycles. The Morgan fingerprint density at radius 2 is 1.54 bits per heavy atom. The minimum atomic E-state index is -1.17. The van der Waals surface area contributed by atoms with E-state index in [0.717, 1.165) is 16.7 Å². The van der Waals surface area contributed by atoms with Crippen LogP contribution in [-0.2, 0) is 29.3 Å². The topological polar surface area (TPSA) is 152 Å². The standard InChI is InChI=1S/C44H56N4O8.H2S/c1-6-55-40(51)36(21-14-15-27-45-42(53)56-43(2,3)4)47-41(52)44(30-16-8-7-9-17-30)26-23-33(32-18-10-12-20-35(32)44)39(50)48-28-24-31(25-29-48)46-38(49)34-19-11-13-22-37(34)54-5;/h7-13,16-20,22,31,33,36H,6,14-15,21,23-29H2,1-5H3,(H,45,53)(H,46,49)(H,47,52);1H2/t33-,36+,44+;/m0./s1. The number of fused-ring (bicyclic) bond motifs is 1. The van der Waals surface area contributed by atoms with Gasteiger partial charge in [-0.1, -0.05) is 66.7 Å². The zero-order valence-corrected chi connectivity index (χ0v) is 34.7. The molecule has 13 heteroatoms. The summed E-state index contributed by atoms with van der Waals surface area (Å²) in [6.45, 7) is 8.61. The van der Waals surface area contributed by atoms with Crippen LogP contribution in [0.25, 0.3) is 0 Å². The minimum absolute atomic E-state index is 0. The van der Waals surface area contributed by atoms with Crippen LogP contribution in [0.4, 0.5) is 4.79 Å². The SMILES string of the molecule is CCOC(=O)[C@@H](CCCCNC(=O)OC(C)(C)C)NC(=O)[C@@]1(c2ccccc2)CC[C@H](C(=O)N2CCC(NC(=O)c3ccccc3OC)CC2)c2ccccc21.S. The molecule has 0 spiro atoms. The van der Waals surface area contributed by atoms with Crippen molar-refractivity contribution in [3.05, 3.63) is 101 Å². The van der Waals surface area contributed by atoms with Gasteiger partial charge in [0.15, 0.2) is 0 Å². The Balaban J connectivity index is 0.00000720. The van der Waals surface area contributed by atoms with Gasteiger partial charge < -0.3 is 35.1 Å². The summed E-state index contributed by atoms with van der Waals surface area (Å²) in [7, 11) is 1.54. The molecule has 1 fully saturated rings. The van der Waals surface area contributed by atoms with E-state index in [4.69, 9.17) is 14.2 Å². The van der Waals surface area contributed by atoms with Crippen LogP contribution >= 0.6 is 13.5 Å². The van der Waals surface area contributed by atoms with Gasteiger partial charge in [0, 0.05) is 25.7 Å². The third-order valence-electron chi connectivity index (χ3n) is 10.5. The molecule has 3 N–H and O–H groups in total. The second kappa shape index (κ2) is 20.4. The maximum absolute atomic E-state index is 14.8. The molecule has 0 unspecified atom stereocenters. The number of ether oxygens (including phenoxy) is 3. The van der Waals surface area contributed by atoms with E-state index in [2.05, 4.69) is 16.0 Å². The third kappa shape index (κ3) is 11.1. The van der Waals surface area contributed by atoms with Gasteiger partial charge in [-0.05, 0) is 101 Å². The lowest BCUT2D eigenvalue weighted by Gasteiger charge is -2.43. The largest absolute Gasteiger partial charge is 0.496 e. The number of likely N-dealkylation sites (tertiary alicyclic amines) is 1. The van der Waals surface area contributed by atoms with E-state index < -0.39 is 35.0 Å². The summed E-state index contributed by atoms with van der Waals surface area (Å²) in [5.74, 6) is -1.02. The molecule has 2 aliphatic rings. The average molecular weight is 803 g/mol. The van der Waals surface area contributed by atoms with Gasteiger partial charge in [0.1, 0.15) is 17.4 Å². The maximum atomic E-state index is 14.8. The first kappa shape index (κ1) is 44.7. The second-order valence-corrected chi connectivity index (χ2v) is 15.4. The van der Waals surface area contributed by atoms with Gasteiger partial charge >= 0.3 is 12.1 Å².